The molecule has 0 spiro atoms. The van der Waals surface area contributed by atoms with Crippen molar-refractivity contribution in [2.75, 3.05) is 7.05 Å². The van der Waals surface area contributed by atoms with Crippen molar-refractivity contribution in [2.45, 2.75) is 56.2 Å². The normalized spacial score (nSPS) is 32.3. The molecule has 2 aromatic carbocycles. The molecule has 22 heavy (non-hydrogen) atoms. The van der Waals surface area contributed by atoms with Crippen LogP contribution < -0.4 is 0 Å². The first-order valence-electron chi connectivity index (χ1n) is 8.56. The van der Waals surface area contributed by atoms with Crippen molar-refractivity contribution in [2.24, 2.45) is 0 Å². The summed E-state index contributed by atoms with van der Waals surface area (Å²) in [6, 6.07) is 16.1. The minimum atomic E-state index is -0.535. The van der Waals surface area contributed by atoms with Crippen LogP contribution in [0.4, 0.5) is 0 Å². The molecule has 2 atom stereocenters. The van der Waals surface area contributed by atoms with Crippen molar-refractivity contribution in [1.82, 2.24) is 4.90 Å². The Kier molecular flexibility index (Phi) is 3.47. The third-order valence-electron chi connectivity index (χ3n) is 5.86. The summed E-state index contributed by atoms with van der Waals surface area (Å²) in [6.45, 7) is 0. The lowest BCUT2D eigenvalue weighted by molar-refractivity contribution is -0.0818. The number of rotatable bonds is 2. The van der Waals surface area contributed by atoms with Crippen molar-refractivity contribution in [1.29, 1.82) is 0 Å². The van der Waals surface area contributed by atoms with Crippen molar-refractivity contribution >= 4 is 10.8 Å². The molecule has 2 aliphatic rings. The second-order valence-electron chi connectivity index (χ2n) is 7.35. The summed E-state index contributed by atoms with van der Waals surface area (Å²) < 4.78 is 0. The largest absolute Gasteiger partial charge is 0.389 e. The molecule has 0 saturated carbocycles. The fourth-order valence-electron chi connectivity index (χ4n) is 4.69. The van der Waals surface area contributed by atoms with Crippen LogP contribution in [0.3, 0.4) is 0 Å². The van der Waals surface area contributed by atoms with Crippen molar-refractivity contribution < 1.29 is 5.11 Å². The van der Waals surface area contributed by atoms with Gasteiger partial charge in [-0.25, -0.2) is 0 Å². The summed E-state index contributed by atoms with van der Waals surface area (Å²) in [5.74, 6) is 0. The Morgan fingerprint density at radius 1 is 1.05 bits per heavy atom. The van der Waals surface area contributed by atoms with Gasteiger partial charge >= 0.3 is 0 Å². The number of nitrogens with zero attached hydrogens (tertiary/aromatic N) is 1. The van der Waals surface area contributed by atoms with Crippen molar-refractivity contribution in [3.8, 4) is 0 Å². The van der Waals surface area contributed by atoms with Crippen LogP contribution in [0.5, 0.6) is 0 Å². The summed E-state index contributed by atoms with van der Waals surface area (Å²) in [7, 11) is 2.24. The van der Waals surface area contributed by atoms with Gasteiger partial charge < -0.3 is 10.0 Å². The van der Waals surface area contributed by atoms with E-state index in [9.17, 15) is 5.11 Å². The van der Waals surface area contributed by atoms with Crippen LogP contribution in [-0.2, 0) is 6.42 Å². The SMILES string of the molecule is CN1C2CCCC1CC(O)(Cc1cccc3ccccc13)C2. The van der Waals surface area contributed by atoms with Gasteiger partial charge in [0.2, 0.25) is 0 Å². The molecule has 0 aromatic heterocycles. The van der Waals surface area contributed by atoms with Crippen LogP contribution in [0, 0.1) is 0 Å². The number of hydrogen-bond acceptors (Lipinski definition) is 2. The molecule has 2 heterocycles. The van der Waals surface area contributed by atoms with Gasteiger partial charge in [0, 0.05) is 18.5 Å². The summed E-state index contributed by atoms with van der Waals surface area (Å²) in [5.41, 5.74) is 0.759. The van der Waals surface area contributed by atoms with E-state index in [2.05, 4.69) is 54.4 Å². The van der Waals surface area contributed by atoms with Gasteiger partial charge in [-0.1, -0.05) is 48.9 Å². The highest BCUT2D eigenvalue weighted by Crippen LogP contribution is 2.40. The molecule has 0 amide bonds. The number of fused-ring (bicyclic) bond motifs is 3. The van der Waals surface area contributed by atoms with E-state index in [0.29, 0.717) is 12.1 Å². The Balaban J connectivity index is 1.64. The quantitative estimate of drug-likeness (QED) is 0.912. The first-order valence-corrected chi connectivity index (χ1v) is 8.56. The predicted octanol–water partition coefficient (Wildman–Crippen LogP) is 3.76. The van der Waals surface area contributed by atoms with Gasteiger partial charge in [0.25, 0.3) is 0 Å². The first kappa shape index (κ1) is 14.2. The molecule has 1 N–H and O–H groups in total. The molecular weight excluding hydrogens is 270 g/mol. The molecule has 2 aromatic rings. The molecule has 4 rings (SSSR count). The fourth-order valence-corrected chi connectivity index (χ4v) is 4.69. The van der Waals surface area contributed by atoms with Crippen LogP contribution in [0.15, 0.2) is 42.5 Å². The average Bonchev–Trinajstić information content (AvgIpc) is 2.50. The van der Waals surface area contributed by atoms with E-state index >= 15 is 0 Å². The number of piperidine rings is 2. The molecule has 2 fully saturated rings. The first-order chi connectivity index (χ1) is 10.6. The van der Waals surface area contributed by atoms with Crippen molar-refractivity contribution in [3.63, 3.8) is 0 Å². The lowest BCUT2D eigenvalue weighted by Gasteiger charge is -2.50. The highest BCUT2D eigenvalue weighted by molar-refractivity contribution is 5.85. The topological polar surface area (TPSA) is 23.5 Å². The smallest absolute Gasteiger partial charge is 0.0717 e. The Morgan fingerprint density at radius 3 is 2.50 bits per heavy atom. The standard InChI is InChI=1S/C20H25NO/c1-21-17-9-5-10-18(21)14-20(22,13-17)12-16-8-4-7-15-6-2-3-11-19(15)16/h2-4,6-8,11,17-18,22H,5,9-10,12-14H2,1H3. The van der Waals surface area contributed by atoms with Gasteiger partial charge in [-0.15, -0.1) is 0 Å². The van der Waals surface area contributed by atoms with Gasteiger partial charge in [-0.05, 0) is 49.1 Å². The van der Waals surface area contributed by atoms with E-state index in [1.54, 1.807) is 0 Å². The van der Waals surface area contributed by atoms with E-state index in [4.69, 9.17) is 0 Å². The molecule has 2 saturated heterocycles. The second-order valence-corrected chi connectivity index (χ2v) is 7.35. The third kappa shape index (κ3) is 2.45. The number of benzene rings is 2. The summed E-state index contributed by atoms with van der Waals surface area (Å²) in [4.78, 5) is 2.51. The third-order valence-corrected chi connectivity index (χ3v) is 5.86. The van der Waals surface area contributed by atoms with Gasteiger partial charge in [-0.2, -0.15) is 0 Å². The molecule has 2 bridgehead atoms. The molecule has 2 heteroatoms. The van der Waals surface area contributed by atoms with E-state index < -0.39 is 5.60 Å². The summed E-state index contributed by atoms with van der Waals surface area (Å²) >= 11 is 0. The maximum absolute atomic E-state index is 11.3. The van der Waals surface area contributed by atoms with Gasteiger partial charge in [0.15, 0.2) is 0 Å². The zero-order chi connectivity index (χ0) is 15.2. The lowest BCUT2D eigenvalue weighted by Crippen LogP contribution is -2.57. The minimum Gasteiger partial charge on any atom is -0.389 e. The van der Waals surface area contributed by atoms with E-state index in [1.165, 1.54) is 35.6 Å². The van der Waals surface area contributed by atoms with Gasteiger partial charge in [-0.3, -0.25) is 0 Å². The van der Waals surface area contributed by atoms with Crippen LogP contribution in [0.2, 0.25) is 0 Å². The van der Waals surface area contributed by atoms with Crippen LogP contribution >= 0.6 is 0 Å². The predicted molar refractivity (Wildman–Crippen MR) is 91.0 cm³/mol. The van der Waals surface area contributed by atoms with Crippen molar-refractivity contribution in [3.05, 3.63) is 48.0 Å². The zero-order valence-corrected chi connectivity index (χ0v) is 13.3. The van der Waals surface area contributed by atoms with Crippen LogP contribution in [-0.4, -0.2) is 34.7 Å². The number of hydrogen-bond donors (Lipinski definition) is 1. The van der Waals surface area contributed by atoms with Gasteiger partial charge in [0.1, 0.15) is 0 Å². The second kappa shape index (κ2) is 5.36. The highest BCUT2D eigenvalue weighted by Gasteiger charge is 2.43. The molecule has 2 nitrogen and oxygen atoms in total. The number of aliphatic hydroxyl groups is 1. The van der Waals surface area contributed by atoms with Gasteiger partial charge in [0.05, 0.1) is 5.60 Å². The Hall–Kier alpha value is -1.38. The van der Waals surface area contributed by atoms with E-state index in [0.717, 1.165) is 19.3 Å². The maximum atomic E-state index is 11.3. The zero-order valence-electron chi connectivity index (χ0n) is 13.3. The van der Waals surface area contributed by atoms with E-state index in [-0.39, 0.29) is 0 Å². The molecule has 2 unspecified atom stereocenters. The summed E-state index contributed by atoms with van der Waals surface area (Å²) in [6.07, 6.45) is 6.43. The molecule has 0 radical (unpaired) electrons. The summed E-state index contributed by atoms with van der Waals surface area (Å²) in [5, 5.41) is 13.8. The lowest BCUT2D eigenvalue weighted by atomic mass is 9.73. The Bertz CT molecular complexity index is 661. The monoisotopic (exact) mass is 295 g/mol. The van der Waals surface area contributed by atoms with E-state index in [1.807, 2.05) is 0 Å². The molecule has 2 aliphatic heterocycles. The molecular formula is C20H25NO. The minimum absolute atomic E-state index is 0.535. The Labute approximate surface area is 132 Å². The fraction of sp³-hybridized carbons (Fsp3) is 0.500. The maximum Gasteiger partial charge on any atom is 0.0717 e. The average molecular weight is 295 g/mol. The van der Waals surface area contributed by atoms with Crippen LogP contribution in [0.25, 0.3) is 10.8 Å². The molecule has 0 aliphatic carbocycles. The Morgan fingerprint density at radius 2 is 1.73 bits per heavy atom. The molecule has 116 valence electrons. The van der Waals surface area contributed by atoms with Crippen LogP contribution in [0.1, 0.15) is 37.7 Å². The highest BCUT2D eigenvalue weighted by atomic mass is 16.3.